The number of fused-ring (bicyclic) bond motifs is 1. The molecular formula is C14H17NO2. The Kier molecular flexibility index (Phi) is 3.18. The fraction of sp³-hybridized carbons (Fsp3) is 0.357. The Bertz CT molecular complexity index is 555. The van der Waals surface area contributed by atoms with E-state index in [2.05, 4.69) is 19.9 Å². The number of rotatable bonds is 4. The molecule has 17 heavy (non-hydrogen) atoms. The Morgan fingerprint density at radius 3 is 2.71 bits per heavy atom. The molecule has 0 aliphatic heterocycles. The van der Waals surface area contributed by atoms with Crippen LogP contribution in [0.5, 0.6) is 0 Å². The first-order valence-corrected chi connectivity index (χ1v) is 6.02. The lowest BCUT2D eigenvalue weighted by molar-refractivity contribution is 0.0699. The summed E-state index contributed by atoms with van der Waals surface area (Å²) >= 11 is 0. The third-order valence-corrected chi connectivity index (χ3v) is 3.05. The van der Waals surface area contributed by atoms with Gasteiger partial charge in [0, 0.05) is 23.6 Å². The average molecular weight is 231 g/mol. The van der Waals surface area contributed by atoms with Crippen molar-refractivity contribution in [3.63, 3.8) is 0 Å². The molecule has 0 fully saturated rings. The van der Waals surface area contributed by atoms with Crippen LogP contribution >= 0.6 is 0 Å². The molecule has 0 saturated heterocycles. The normalized spacial score (nSPS) is 10.9. The van der Waals surface area contributed by atoms with Crippen molar-refractivity contribution >= 4 is 16.9 Å². The maximum absolute atomic E-state index is 11.2. The minimum atomic E-state index is -0.849. The number of hydrogen-bond donors (Lipinski definition) is 1. The average Bonchev–Trinajstić information content (AvgIpc) is 2.68. The quantitative estimate of drug-likeness (QED) is 0.877. The van der Waals surface area contributed by atoms with Crippen molar-refractivity contribution < 1.29 is 9.90 Å². The topological polar surface area (TPSA) is 42.2 Å². The van der Waals surface area contributed by atoms with E-state index in [-0.39, 0.29) is 0 Å². The van der Waals surface area contributed by atoms with Gasteiger partial charge in [0.05, 0.1) is 5.56 Å². The highest BCUT2D eigenvalue weighted by Gasteiger charge is 2.13. The summed E-state index contributed by atoms with van der Waals surface area (Å²) in [4.78, 5) is 11.2. The summed E-state index contributed by atoms with van der Waals surface area (Å²) in [5, 5.41) is 10.1. The highest BCUT2D eigenvalue weighted by atomic mass is 16.4. The molecule has 0 amide bonds. The van der Waals surface area contributed by atoms with Crippen LogP contribution in [0.15, 0.2) is 24.4 Å². The van der Waals surface area contributed by atoms with Gasteiger partial charge in [-0.15, -0.1) is 0 Å². The number of benzene rings is 1. The van der Waals surface area contributed by atoms with Gasteiger partial charge in [-0.05, 0) is 30.5 Å². The van der Waals surface area contributed by atoms with Gasteiger partial charge in [-0.25, -0.2) is 4.79 Å². The number of carboxylic acid groups (broad SMARTS) is 1. The zero-order valence-electron chi connectivity index (χ0n) is 10.2. The third kappa shape index (κ3) is 2.05. The summed E-state index contributed by atoms with van der Waals surface area (Å²) in [6.45, 7) is 5.02. The summed E-state index contributed by atoms with van der Waals surface area (Å²) in [7, 11) is 0. The molecule has 1 aromatic carbocycles. The number of aryl methyl sites for hydroxylation is 2. The molecule has 3 nitrogen and oxygen atoms in total. The number of aromatic nitrogens is 1. The predicted molar refractivity (Wildman–Crippen MR) is 68.6 cm³/mol. The fourth-order valence-corrected chi connectivity index (χ4v) is 2.16. The van der Waals surface area contributed by atoms with Crippen molar-refractivity contribution in [1.82, 2.24) is 4.57 Å². The Morgan fingerprint density at radius 1 is 1.35 bits per heavy atom. The van der Waals surface area contributed by atoms with Gasteiger partial charge in [0.25, 0.3) is 0 Å². The first kappa shape index (κ1) is 11.7. The lowest BCUT2D eigenvalue weighted by Gasteiger charge is -2.03. The Morgan fingerprint density at radius 2 is 2.12 bits per heavy atom. The second-order valence-electron chi connectivity index (χ2n) is 4.25. The Labute approximate surface area is 101 Å². The molecule has 90 valence electrons. The molecule has 0 unspecified atom stereocenters. The summed E-state index contributed by atoms with van der Waals surface area (Å²) < 4.78 is 2.03. The number of nitrogens with zero attached hydrogens (tertiary/aromatic N) is 1. The van der Waals surface area contributed by atoms with E-state index >= 15 is 0 Å². The maximum atomic E-state index is 11.2. The lowest BCUT2D eigenvalue weighted by Crippen LogP contribution is -1.96. The van der Waals surface area contributed by atoms with E-state index in [4.69, 9.17) is 0 Å². The van der Waals surface area contributed by atoms with Crippen LogP contribution in [-0.4, -0.2) is 15.6 Å². The first-order valence-electron chi connectivity index (χ1n) is 6.02. The smallest absolute Gasteiger partial charge is 0.337 e. The molecular weight excluding hydrogens is 214 g/mol. The van der Waals surface area contributed by atoms with Crippen LogP contribution in [-0.2, 0) is 13.0 Å². The van der Waals surface area contributed by atoms with E-state index in [1.54, 1.807) is 6.20 Å². The zero-order chi connectivity index (χ0) is 12.4. The van der Waals surface area contributed by atoms with Crippen LogP contribution in [0.1, 0.15) is 36.2 Å². The molecule has 2 rings (SSSR count). The minimum absolute atomic E-state index is 0.406. The number of carbonyl (C=O) groups is 1. The monoisotopic (exact) mass is 231 g/mol. The van der Waals surface area contributed by atoms with Gasteiger partial charge < -0.3 is 9.67 Å². The number of carboxylic acids is 1. The predicted octanol–water partition coefficient (Wildman–Crippen LogP) is 3.31. The van der Waals surface area contributed by atoms with Gasteiger partial charge in [-0.1, -0.05) is 19.9 Å². The molecule has 3 heteroatoms. The molecule has 1 aromatic heterocycles. The molecule has 0 saturated carbocycles. The summed E-state index contributed by atoms with van der Waals surface area (Å²) in [5.41, 5.74) is 2.60. The van der Waals surface area contributed by atoms with Crippen LogP contribution in [0.2, 0.25) is 0 Å². The molecule has 0 bridgehead atoms. The van der Waals surface area contributed by atoms with Crippen LogP contribution in [0, 0.1) is 0 Å². The van der Waals surface area contributed by atoms with Gasteiger partial charge in [-0.2, -0.15) is 0 Å². The molecule has 1 N–H and O–H groups in total. The van der Waals surface area contributed by atoms with E-state index in [9.17, 15) is 9.90 Å². The van der Waals surface area contributed by atoms with Crippen molar-refractivity contribution in [2.24, 2.45) is 0 Å². The number of aromatic carboxylic acids is 1. The standard InChI is InChI=1S/C14H17NO2/c1-3-7-15-9-12(14(16)17)11-8-10(4-2)5-6-13(11)15/h5-6,8-9H,3-4,7H2,1-2H3,(H,16,17). The second kappa shape index (κ2) is 4.62. The fourth-order valence-electron chi connectivity index (χ4n) is 2.16. The molecule has 0 aliphatic rings. The maximum Gasteiger partial charge on any atom is 0.337 e. The minimum Gasteiger partial charge on any atom is -0.478 e. The van der Waals surface area contributed by atoms with Crippen molar-refractivity contribution in [2.75, 3.05) is 0 Å². The van der Waals surface area contributed by atoms with Gasteiger partial charge in [0.15, 0.2) is 0 Å². The van der Waals surface area contributed by atoms with Gasteiger partial charge in [-0.3, -0.25) is 0 Å². The molecule has 1 heterocycles. The van der Waals surface area contributed by atoms with Gasteiger partial charge in [0.1, 0.15) is 0 Å². The Balaban J connectivity index is 2.67. The summed E-state index contributed by atoms with van der Waals surface area (Å²) in [5.74, 6) is -0.849. The van der Waals surface area contributed by atoms with E-state index in [0.29, 0.717) is 5.56 Å². The summed E-state index contributed by atoms with van der Waals surface area (Å²) in [6, 6.07) is 6.08. The zero-order valence-corrected chi connectivity index (χ0v) is 10.2. The largest absolute Gasteiger partial charge is 0.478 e. The highest BCUT2D eigenvalue weighted by molar-refractivity contribution is 6.03. The Hall–Kier alpha value is -1.77. The third-order valence-electron chi connectivity index (χ3n) is 3.05. The van der Waals surface area contributed by atoms with Gasteiger partial charge >= 0.3 is 5.97 Å². The molecule has 0 atom stereocenters. The van der Waals surface area contributed by atoms with Crippen LogP contribution < -0.4 is 0 Å². The van der Waals surface area contributed by atoms with Crippen molar-refractivity contribution in [3.8, 4) is 0 Å². The van der Waals surface area contributed by atoms with Crippen LogP contribution in [0.3, 0.4) is 0 Å². The molecule has 0 radical (unpaired) electrons. The van der Waals surface area contributed by atoms with Crippen LogP contribution in [0.25, 0.3) is 10.9 Å². The van der Waals surface area contributed by atoms with E-state index in [1.165, 1.54) is 5.56 Å². The first-order chi connectivity index (χ1) is 8.17. The van der Waals surface area contributed by atoms with Crippen LogP contribution in [0.4, 0.5) is 0 Å². The molecule has 0 aliphatic carbocycles. The van der Waals surface area contributed by atoms with E-state index in [0.717, 1.165) is 30.3 Å². The lowest BCUT2D eigenvalue weighted by atomic mass is 10.1. The van der Waals surface area contributed by atoms with E-state index in [1.807, 2.05) is 16.7 Å². The number of hydrogen-bond acceptors (Lipinski definition) is 1. The second-order valence-corrected chi connectivity index (χ2v) is 4.25. The van der Waals surface area contributed by atoms with Crippen molar-refractivity contribution in [3.05, 3.63) is 35.5 Å². The van der Waals surface area contributed by atoms with E-state index < -0.39 is 5.97 Å². The highest BCUT2D eigenvalue weighted by Crippen LogP contribution is 2.23. The molecule has 0 spiro atoms. The SMILES string of the molecule is CCCn1cc(C(=O)O)c2cc(CC)ccc21. The summed E-state index contributed by atoms with van der Waals surface area (Å²) in [6.07, 6.45) is 3.67. The van der Waals surface area contributed by atoms with Crippen molar-refractivity contribution in [2.45, 2.75) is 33.2 Å². The molecule has 2 aromatic rings. The van der Waals surface area contributed by atoms with Crippen molar-refractivity contribution in [1.29, 1.82) is 0 Å². The van der Waals surface area contributed by atoms with Gasteiger partial charge in [0.2, 0.25) is 0 Å².